The van der Waals surface area contributed by atoms with Crippen molar-refractivity contribution in [2.75, 3.05) is 43.1 Å². The average Bonchev–Trinajstić information content (AvgIpc) is 3.45. The molecule has 4 amide bonds. The molecule has 0 saturated heterocycles. The van der Waals surface area contributed by atoms with E-state index in [0.717, 1.165) is 29.8 Å². The smallest absolute Gasteiger partial charge is 0.412 e. The highest BCUT2D eigenvalue weighted by Crippen LogP contribution is 2.25. The van der Waals surface area contributed by atoms with Gasteiger partial charge in [0.1, 0.15) is 11.3 Å². The second-order valence-corrected chi connectivity index (χ2v) is 12.4. The number of carbonyl (C=O) groups excluding carboxylic acids is 3. The Bertz CT molecular complexity index is 1580. The third-order valence-corrected chi connectivity index (χ3v) is 7.11. The van der Waals surface area contributed by atoms with Crippen molar-refractivity contribution in [3.8, 4) is 11.3 Å². The van der Waals surface area contributed by atoms with Gasteiger partial charge < -0.3 is 19.9 Å². The lowest BCUT2D eigenvalue weighted by molar-refractivity contribution is 0.0635. The molecule has 12 heteroatoms. The quantitative estimate of drug-likeness (QED) is 0.167. The molecule has 0 saturated carbocycles. The molecule has 0 atom stereocenters. The van der Waals surface area contributed by atoms with Crippen LogP contribution in [0.2, 0.25) is 0 Å². The number of nitrogens with zero attached hydrogens (tertiary/aromatic N) is 4. The first-order chi connectivity index (χ1) is 21.5. The normalized spacial score (nSPS) is 11.2. The highest BCUT2D eigenvalue weighted by molar-refractivity contribution is 7.14. The Balaban J connectivity index is 1.41. The van der Waals surface area contributed by atoms with E-state index in [4.69, 9.17) is 4.74 Å². The topological polar surface area (TPSA) is 129 Å². The van der Waals surface area contributed by atoms with Crippen LogP contribution < -0.4 is 16.0 Å². The van der Waals surface area contributed by atoms with Crippen molar-refractivity contribution in [3.05, 3.63) is 89.6 Å². The number of rotatable bonds is 11. The Hall–Kier alpha value is -4.81. The summed E-state index contributed by atoms with van der Waals surface area (Å²) in [4.78, 5) is 51.4. The van der Waals surface area contributed by atoms with Gasteiger partial charge in [-0.15, -0.1) is 11.3 Å². The zero-order chi connectivity index (χ0) is 32.4. The van der Waals surface area contributed by atoms with E-state index in [1.54, 1.807) is 68.3 Å². The zero-order valence-electron chi connectivity index (χ0n) is 26.2. The molecule has 236 valence electrons. The van der Waals surface area contributed by atoms with E-state index in [2.05, 4.69) is 30.8 Å². The van der Waals surface area contributed by atoms with Crippen LogP contribution in [0.3, 0.4) is 0 Å². The van der Waals surface area contributed by atoms with E-state index >= 15 is 0 Å². The third kappa shape index (κ3) is 10.4. The summed E-state index contributed by atoms with van der Waals surface area (Å²) in [6.45, 7) is 6.95. The van der Waals surface area contributed by atoms with Crippen molar-refractivity contribution in [1.29, 1.82) is 0 Å². The van der Waals surface area contributed by atoms with Crippen LogP contribution in [0.25, 0.3) is 11.3 Å². The van der Waals surface area contributed by atoms with Crippen LogP contribution in [0.1, 0.15) is 43.2 Å². The van der Waals surface area contributed by atoms with Gasteiger partial charge in [-0.1, -0.05) is 48.5 Å². The number of anilines is 3. The van der Waals surface area contributed by atoms with Crippen LogP contribution in [0.4, 0.5) is 26.1 Å². The first kappa shape index (κ1) is 33.1. The summed E-state index contributed by atoms with van der Waals surface area (Å²) in [6, 6.07) is 19.7. The van der Waals surface area contributed by atoms with Crippen molar-refractivity contribution in [2.24, 2.45) is 0 Å². The first-order valence-corrected chi connectivity index (χ1v) is 15.4. The molecule has 0 radical (unpaired) electrons. The van der Waals surface area contributed by atoms with E-state index in [-0.39, 0.29) is 11.7 Å². The summed E-state index contributed by atoms with van der Waals surface area (Å²) in [5.41, 5.74) is 2.87. The molecule has 0 bridgehead atoms. The number of para-hydroxylation sites is 2. The number of hydrogen-bond donors (Lipinski definition) is 3. The van der Waals surface area contributed by atoms with Crippen LogP contribution >= 0.6 is 11.3 Å². The first-order valence-electron chi connectivity index (χ1n) is 14.5. The van der Waals surface area contributed by atoms with Gasteiger partial charge in [-0.2, -0.15) is 0 Å². The number of urea groups is 1. The van der Waals surface area contributed by atoms with Gasteiger partial charge in [0.15, 0.2) is 5.13 Å². The standard InChI is InChI=1S/C33H39N7O4S/c1-33(2,3)44-32(43)37-26-15-10-9-14-25(26)35-29(41)27-17-16-23(20-34-27)21-40(19-11-18-39(4)5)31(42)38-30-36-28(22-45-30)24-12-7-6-8-13-24/h6-10,12-17,20,22H,11,18-19,21H2,1-5H3,(H,35,41)(H,37,43)(H,36,38,42). The number of nitrogens with one attached hydrogen (secondary N) is 3. The number of amides is 4. The van der Waals surface area contributed by atoms with Gasteiger partial charge in [0.25, 0.3) is 5.91 Å². The Morgan fingerprint density at radius 1 is 0.867 bits per heavy atom. The molecule has 0 unspecified atom stereocenters. The van der Waals surface area contributed by atoms with Crippen LogP contribution in [0, 0.1) is 0 Å². The van der Waals surface area contributed by atoms with Gasteiger partial charge in [0.2, 0.25) is 0 Å². The van der Waals surface area contributed by atoms with E-state index < -0.39 is 17.6 Å². The maximum absolute atomic E-state index is 13.3. The molecule has 2 aromatic heterocycles. The molecule has 2 heterocycles. The molecular formula is C33H39N7O4S. The molecule has 0 aliphatic carbocycles. The molecule has 0 spiro atoms. The number of hydrogen-bond acceptors (Lipinski definition) is 8. The van der Waals surface area contributed by atoms with Gasteiger partial charge in [-0.05, 0) is 71.6 Å². The van der Waals surface area contributed by atoms with Crippen LogP contribution in [-0.2, 0) is 11.3 Å². The summed E-state index contributed by atoms with van der Waals surface area (Å²) < 4.78 is 5.32. The molecular weight excluding hydrogens is 590 g/mol. The maximum atomic E-state index is 13.3. The third-order valence-electron chi connectivity index (χ3n) is 6.35. The number of benzene rings is 2. The Morgan fingerprint density at radius 3 is 2.20 bits per heavy atom. The largest absolute Gasteiger partial charge is 0.444 e. The van der Waals surface area contributed by atoms with Gasteiger partial charge in [-0.3, -0.25) is 20.4 Å². The molecule has 11 nitrogen and oxygen atoms in total. The minimum Gasteiger partial charge on any atom is -0.444 e. The monoisotopic (exact) mass is 629 g/mol. The van der Waals surface area contributed by atoms with Crippen molar-refractivity contribution < 1.29 is 19.1 Å². The van der Waals surface area contributed by atoms with Crippen LogP contribution in [0.15, 0.2) is 78.3 Å². The highest BCUT2D eigenvalue weighted by atomic mass is 32.1. The Kier molecular flexibility index (Phi) is 11.2. The van der Waals surface area contributed by atoms with Gasteiger partial charge >= 0.3 is 12.1 Å². The van der Waals surface area contributed by atoms with Gasteiger partial charge in [-0.25, -0.2) is 14.6 Å². The number of ether oxygens (including phenoxy) is 1. The molecule has 0 aliphatic heterocycles. The summed E-state index contributed by atoms with van der Waals surface area (Å²) in [7, 11) is 3.98. The lowest BCUT2D eigenvalue weighted by atomic mass is 10.2. The molecule has 4 aromatic rings. The fourth-order valence-electron chi connectivity index (χ4n) is 4.25. The summed E-state index contributed by atoms with van der Waals surface area (Å²) >= 11 is 1.37. The van der Waals surface area contributed by atoms with E-state index in [9.17, 15) is 14.4 Å². The Labute approximate surface area is 267 Å². The van der Waals surface area contributed by atoms with Crippen molar-refractivity contribution in [2.45, 2.75) is 39.3 Å². The number of carbonyl (C=O) groups is 3. The molecule has 45 heavy (non-hydrogen) atoms. The van der Waals surface area contributed by atoms with E-state index in [0.29, 0.717) is 29.6 Å². The van der Waals surface area contributed by atoms with Crippen molar-refractivity contribution in [3.63, 3.8) is 0 Å². The fraction of sp³-hybridized carbons (Fsp3) is 0.303. The minimum atomic E-state index is -0.663. The van der Waals surface area contributed by atoms with E-state index in [1.165, 1.54) is 11.3 Å². The molecule has 0 aliphatic rings. The maximum Gasteiger partial charge on any atom is 0.412 e. The number of thiazole rings is 1. The molecule has 4 rings (SSSR count). The van der Waals surface area contributed by atoms with Crippen molar-refractivity contribution in [1.82, 2.24) is 19.8 Å². The zero-order valence-corrected chi connectivity index (χ0v) is 27.0. The van der Waals surface area contributed by atoms with Gasteiger partial charge in [0.05, 0.1) is 17.1 Å². The van der Waals surface area contributed by atoms with Crippen LogP contribution in [-0.4, -0.2) is 70.6 Å². The summed E-state index contributed by atoms with van der Waals surface area (Å²) in [6.07, 6.45) is 1.73. The summed E-state index contributed by atoms with van der Waals surface area (Å²) in [5.74, 6) is -0.446. The van der Waals surface area contributed by atoms with E-state index in [1.807, 2.05) is 49.8 Å². The lowest BCUT2D eigenvalue weighted by Gasteiger charge is -2.23. The molecule has 0 fully saturated rings. The number of pyridine rings is 1. The van der Waals surface area contributed by atoms with Gasteiger partial charge in [0, 0.05) is 30.2 Å². The average molecular weight is 630 g/mol. The SMILES string of the molecule is CN(C)CCCN(Cc1ccc(C(=O)Nc2ccccc2NC(=O)OC(C)(C)C)nc1)C(=O)Nc1nc(-c2ccccc2)cs1. The highest BCUT2D eigenvalue weighted by Gasteiger charge is 2.19. The van der Waals surface area contributed by atoms with Crippen LogP contribution in [0.5, 0.6) is 0 Å². The molecule has 2 aromatic carbocycles. The second kappa shape index (κ2) is 15.3. The molecule has 3 N–H and O–H groups in total. The predicted octanol–water partition coefficient (Wildman–Crippen LogP) is 6.79. The minimum absolute atomic E-state index is 0.186. The number of aromatic nitrogens is 2. The van der Waals surface area contributed by atoms with Crippen molar-refractivity contribution >= 4 is 45.9 Å². The fourth-order valence-corrected chi connectivity index (χ4v) is 4.96. The predicted molar refractivity (Wildman–Crippen MR) is 179 cm³/mol. The Morgan fingerprint density at radius 2 is 1.56 bits per heavy atom. The lowest BCUT2D eigenvalue weighted by Crippen LogP contribution is -2.36. The summed E-state index contributed by atoms with van der Waals surface area (Å²) in [5, 5.41) is 10.8. The second-order valence-electron chi connectivity index (χ2n) is 11.6.